The van der Waals surface area contributed by atoms with E-state index in [1.54, 1.807) is 6.08 Å². The third-order valence-corrected chi connectivity index (χ3v) is 8.88. The molecule has 0 aromatic heterocycles. The zero-order valence-electron chi connectivity index (χ0n) is 32.6. The van der Waals surface area contributed by atoms with Crippen LogP contribution < -0.4 is 5.32 Å². The summed E-state index contributed by atoms with van der Waals surface area (Å²) in [5.41, 5.74) is 0. The van der Waals surface area contributed by atoms with E-state index in [4.69, 9.17) is 0 Å². The molecule has 0 aliphatic carbocycles. The first-order valence-electron chi connectivity index (χ1n) is 20.8. The topological polar surface area (TPSA) is 69.6 Å². The first kappa shape index (κ1) is 47.6. The summed E-state index contributed by atoms with van der Waals surface area (Å²) in [4.78, 5) is 12.4. The Morgan fingerprint density at radius 1 is 0.500 bits per heavy atom. The summed E-state index contributed by atoms with van der Waals surface area (Å²) in [6.07, 6.45) is 59.6. The van der Waals surface area contributed by atoms with E-state index in [-0.39, 0.29) is 12.5 Å². The van der Waals surface area contributed by atoms with Gasteiger partial charge in [-0.3, -0.25) is 4.79 Å². The van der Waals surface area contributed by atoms with Crippen LogP contribution >= 0.6 is 0 Å². The SMILES string of the molecule is CC/C=C\C/C=C\C/C=C\C/C=C\C/C=C\C/C=C\CCCCCCC(=O)NC(CO)C(O)/C=C/CCCCCCCCCCCCCCC. The number of rotatable bonds is 36. The second kappa shape index (κ2) is 41.0. The van der Waals surface area contributed by atoms with E-state index in [0.29, 0.717) is 6.42 Å². The Kier molecular flexibility index (Phi) is 39.0. The maximum Gasteiger partial charge on any atom is 0.220 e. The number of hydrogen-bond donors (Lipinski definition) is 3. The van der Waals surface area contributed by atoms with Crippen molar-refractivity contribution in [2.24, 2.45) is 0 Å². The van der Waals surface area contributed by atoms with E-state index >= 15 is 0 Å². The number of carbonyl (C=O) groups is 1. The minimum Gasteiger partial charge on any atom is -0.394 e. The van der Waals surface area contributed by atoms with E-state index in [0.717, 1.165) is 83.5 Å². The molecule has 4 nitrogen and oxygen atoms in total. The van der Waals surface area contributed by atoms with Gasteiger partial charge in [-0.1, -0.05) is 189 Å². The van der Waals surface area contributed by atoms with Gasteiger partial charge in [-0.25, -0.2) is 0 Å². The van der Waals surface area contributed by atoms with Crippen LogP contribution in [0.25, 0.3) is 0 Å². The lowest BCUT2D eigenvalue weighted by Crippen LogP contribution is -2.45. The van der Waals surface area contributed by atoms with Crippen molar-refractivity contribution in [3.05, 3.63) is 85.1 Å². The molecule has 0 saturated heterocycles. The summed E-state index contributed by atoms with van der Waals surface area (Å²) in [6.45, 7) is 4.17. The molecule has 0 fully saturated rings. The molecule has 0 aliphatic heterocycles. The van der Waals surface area contributed by atoms with E-state index in [1.807, 2.05) is 6.08 Å². The van der Waals surface area contributed by atoms with Crippen LogP contribution in [0.1, 0.15) is 181 Å². The van der Waals surface area contributed by atoms with Crippen molar-refractivity contribution < 1.29 is 15.0 Å². The number of aliphatic hydroxyl groups is 2. The minimum absolute atomic E-state index is 0.0926. The van der Waals surface area contributed by atoms with E-state index in [2.05, 4.69) is 92.1 Å². The summed E-state index contributed by atoms with van der Waals surface area (Å²) in [6, 6.07) is -0.640. The Hall–Kier alpha value is -2.43. The van der Waals surface area contributed by atoms with Gasteiger partial charge in [0, 0.05) is 6.42 Å². The van der Waals surface area contributed by atoms with Crippen LogP contribution in [0.5, 0.6) is 0 Å². The van der Waals surface area contributed by atoms with Gasteiger partial charge in [0.25, 0.3) is 0 Å². The molecule has 0 radical (unpaired) electrons. The highest BCUT2D eigenvalue weighted by molar-refractivity contribution is 5.76. The van der Waals surface area contributed by atoms with Gasteiger partial charge in [-0.05, 0) is 70.6 Å². The molecule has 0 aliphatic rings. The lowest BCUT2D eigenvalue weighted by molar-refractivity contribution is -0.123. The number of carbonyl (C=O) groups excluding carboxylic acids is 1. The quantitative estimate of drug-likeness (QED) is 0.0452. The van der Waals surface area contributed by atoms with Crippen LogP contribution in [0.3, 0.4) is 0 Å². The fraction of sp³-hybridized carbons (Fsp3) is 0.674. The molecular formula is C46H79NO3. The monoisotopic (exact) mass is 694 g/mol. The highest BCUT2D eigenvalue weighted by Gasteiger charge is 2.17. The summed E-state index contributed by atoms with van der Waals surface area (Å²) in [5, 5.41) is 23.0. The van der Waals surface area contributed by atoms with Crippen molar-refractivity contribution >= 4 is 5.91 Å². The molecule has 0 saturated carbocycles. The first-order chi connectivity index (χ1) is 24.7. The molecular weight excluding hydrogens is 615 g/mol. The molecule has 1 amide bonds. The Morgan fingerprint density at radius 3 is 1.32 bits per heavy atom. The molecule has 0 aromatic carbocycles. The number of hydrogen-bond acceptors (Lipinski definition) is 3. The molecule has 2 unspecified atom stereocenters. The van der Waals surface area contributed by atoms with Crippen molar-refractivity contribution in [2.75, 3.05) is 6.61 Å². The highest BCUT2D eigenvalue weighted by Crippen LogP contribution is 2.13. The lowest BCUT2D eigenvalue weighted by atomic mass is 10.0. The number of amides is 1. The standard InChI is InChI=1S/C46H79NO3/c1-3-5-7-9-11-13-15-17-19-20-21-22-23-24-25-26-28-30-32-34-36-38-40-42-46(50)47-44(43-48)45(49)41-39-37-35-33-31-29-27-18-16-14-12-10-8-6-4-2/h5,7,11,13,17,19,21-22,24-25,28,30,39,41,44-45,48-49H,3-4,6,8-10,12,14-16,18,20,23,26-27,29,31-38,40,42-43H2,1-2H3,(H,47,50)/b7-5-,13-11-,19-17-,22-21-,25-24-,30-28-,41-39+. The van der Waals surface area contributed by atoms with Crippen molar-refractivity contribution in [3.8, 4) is 0 Å². The third kappa shape index (κ3) is 36.8. The third-order valence-electron chi connectivity index (χ3n) is 8.88. The van der Waals surface area contributed by atoms with Gasteiger partial charge in [0.05, 0.1) is 18.8 Å². The van der Waals surface area contributed by atoms with Gasteiger partial charge in [-0.2, -0.15) is 0 Å². The van der Waals surface area contributed by atoms with Crippen molar-refractivity contribution in [2.45, 2.75) is 193 Å². The number of unbranched alkanes of at least 4 members (excludes halogenated alkanes) is 17. The van der Waals surface area contributed by atoms with Crippen LogP contribution in [0.4, 0.5) is 0 Å². The Morgan fingerprint density at radius 2 is 0.880 bits per heavy atom. The molecule has 286 valence electrons. The number of allylic oxidation sites excluding steroid dienone is 13. The number of aliphatic hydroxyl groups excluding tert-OH is 2. The molecule has 3 N–H and O–H groups in total. The van der Waals surface area contributed by atoms with Crippen LogP contribution in [0.2, 0.25) is 0 Å². The molecule has 0 aromatic rings. The van der Waals surface area contributed by atoms with Crippen LogP contribution in [-0.2, 0) is 4.79 Å². The van der Waals surface area contributed by atoms with Gasteiger partial charge in [-0.15, -0.1) is 0 Å². The summed E-state index contributed by atoms with van der Waals surface area (Å²) < 4.78 is 0. The Bertz CT molecular complexity index is 926. The zero-order valence-corrected chi connectivity index (χ0v) is 32.6. The van der Waals surface area contributed by atoms with Gasteiger partial charge in [0.1, 0.15) is 0 Å². The fourth-order valence-electron chi connectivity index (χ4n) is 5.71. The Balaban J connectivity index is 3.71. The predicted molar refractivity (Wildman–Crippen MR) is 220 cm³/mol. The van der Waals surface area contributed by atoms with Crippen LogP contribution in [0, 0.1) is 0 Å². The predicted octanol–water partition coefficient (Wildman–Crippen LogP) is 12.9. The average molecular weight is 694 g/mol. The second-order valence-corrected chi connectivity index (χ2v) is 13.7. The Labute approximate surface area is 310 Å². The van der Waals surface area contributed by atoms with Crippen molar-refractivity contribution in [1.82, 2.24) is 5.32 Å². The van der Waals surface area contributed by atoms with Gasteiger partial charge in [0.2, 0.25) is 5.91 Å². The minimum atomic E-state index is -0.854. The second-order valence-electron chi connectivity index (χ2n) is 13.7. The largest absolute Gasteiger partial charge is 0.394 e. The fourth-order valence-corrected chi connectivity index (χ4v) is 5.71. The molecule has 0 rings (SSSR count). The van der Waals surface area contributed by atoms with E-state index in [9.17, 15) is 15.0 Å². The maximum absolute atomic E-state index is 12.4. The lowest BCUT2D eigenvalue weighted by Gasteiger charge is -2.20. The molecule has 0 heterocycles. The molecule has 4 heteroatoms. The average Bonchev–Trinajstić information content (AvgIpc) is 3.12. The van der Waals surface area contributed by atoms with Gasteiger partial charge >= 0.3 is 0 Å². The normalized spacial score (nSPS) is 13.9. The van der Waals surface area contributed by atoms with Crippen LogP contribution in [-0.4, -0.2) is 34.9 Å². The molecule has 0 spiro atoms. The molecule has 0 bridgehead atoms. The smallest absolute Gasteiger partial charge is 0.220 e. The molecule has 50 heavy (non-hydrogen) atoms. The van der Waals surface area contributed by atoms with Crippen molar-refractivity contribution in [3.63, 3.8) is 0 Å². The zero-order chi connectivity index (χ0) is 36.4. The van der Waals surface area contributed by atoms with E-state index in [1.165, 1.54) is 77.0 Å². The maximum atomic E-state index is 12.4. The van der Waals surface area contributed by atoms with Gasteiger partial charge < -0.3 is 15.5 Å². The summed E-state index contributed by atoms with van der Waals surface area (Å²) >= 11 is 0. The van der Waals surface area contributed by atoms with Gasteiger partial charge in [0.15, 0.2) is 0 Å². The summed E-state index contributed by atoms with van der Waals surface area (Å²) in [5.74, 6) is -0.0926. The first-order valence-corrected chi connectivity index (χ1v) is 20.8. The van der Waals surface area contributed by atoms with Crippen molar-refractivity contribution in [1.29, 1.82) is 0 Å². The van der Waals surface area contributed by atoms with E-state index < -0.39 is 12.1 Å². The highest BCUT2D eigenvalue weighted by atomic mass is 16.3. The van der Waals surface area contributed by atoms with Crippen LogP contribution in [0.15, 0.2) is 85.1 Å². The summed E-state index contributed by atoms with van der Waals surface area (Å²) in [7, 11) is 0. The number of nitrogens with one attached hydrogen (secondary N) is 1. The molecule has 2 atom stereocenters.